The van der Waals surface area contributed by atoms with Gasteiger partial charge in [0.05, 0.1) is 11.6 Å². The maximum absolute atomic E-state index is 15.6. The summed E-state index contributed by atoms with van der Waals surface area (Å²) in [5, 5.41) is 3.29. The van der Waals surface area contributed by atoms with Gasteiger partial charge >= 0.3 is 6.09 Å². The number of halogens is 1. The van der Waals surface area contributed by atoms with Crippen molar-refractivity contribution >= 4 is 17.7 Å². The molecule has 0 bridgehead atoms. The second-order valence-corrected chi connectivity index (χ2v) is 13.5. The molecule has 2 aromatic carbocycles. The molecule has 1 N–H and O–H groups in total. The van der Waals surface area contributed by atoms with Crippen molar-refractivity contribution in [2.45, 2.75) is 78.6 Å². The van der Waals surface area contributed by atoms with Crippen LogP contribution in [0.2, 0.25) is 0 Å². The summed E-state index contributed by atoms with van der Waals surface area (Å²) < 4.78 is 33.6. The van der Waals surface area contributed by atoms with Gasteiger partial charge in [-0.2, -0.15) is 4.99 Å². The first-order chi connectivity index (χ1) is 23.5. The SMILES string of the molecule is CC/C=C(\N=C(\OCc1ccccc1)C(C)c1ccc(NCC(C)N2CCN(C(=O)OC(C)(C)C)CC2)c(F)c1)OCC1=CCC=CC=C1. The van der Waals surface area contributed by atoms with E-state index < -0.39 is 5.60 Å². The maximum atomic E-state index is 15.6. The average Bonchev–Trinajstić information content (AvgIpc) is 3.37. The van der Waals surface area contributed by atoms with Crippen LogP contribution in [0.4, 0.5) is 14.9 Å². The van der Waals surface area contributed by atoms with Crippen LogP contribution in [0.3, 0.4) is 0 Å². The van der Waals surface area contributed by atoms with E-state index in [1.807, 2.05) is 95.3 Å². The van der Waals surface area contributed by atoms with E-state index in [2.05, 4.69) is 29.3 Å². The molecule has 49 heavy (non-hydrogen) atoms. The van der Waals surface area contributed by atoms with E-state index >= 15 is 4.39 Å². The fourth-order valence-corrected chi connectivity index (χ4v) is 5.44. The Kier molecular flexibility index (Phi) is 14.1. The first kappa shape index (κ1) is 37.4. The van der Waals surface area contributed by atoms with Gasteiger partial charge in [0.2, 0.25) is 5.88 Å². The molecule has 1 aliphatic heterocycles. The molecule has 0 spiro atoms. The smallest absolute Gasteiger partial charge is 0.410 e. The van der Waals surface area contributed by atoms with E-state index in [1.165, 1.54) is 0 Å². The molecular weight excluding hydrogens is 619 g/mol. The van der Waals surface area contributed by atoms with Gasteiger partial charge in [-0.15, -0.1) is 0 Å². The summed E-state index contributed by atoms with van der Waals surface area (Å²) in [5.74, 6) is 0.255. The van der Waals surface area contributed by atoms with Crippen molar-refractivity contribution in [1.82, 2.24) is 9.80 Å². The van der Waals surface area contributed by atoms with Gasteiger partial charge in [0, 0.05) is 38.8 Å². The van der Waals surface area contributed by atoms with E-state index in [0.717, 1.165) is 42.6 Å². The van der Waals surface area contributed by atoms with Crippen molar-refractivity contribution < 1.29 is 23.4 Å². The zero-order chi connectivity index (χ0) is 35.2. The molecule has 2 unspecified atom stereocenters. The predicted molar refractivity (Wildman–Crippen MR) is 196 cm³/mol. The summed E-state index contributed by atoms with van der Waals surface area (Å²) in [6.07, 6.45) is 13.6. The van der Waals surface area contributed by atoms with Gasteiger partial charge in [-0.25, -0.2) is 9.18 Å². The van der Waals surface area contributed by atoms with Crippen LogP contribution >= 0.6 is 0 Å². The second-order valence-electron chi connectivity index (χ2n) is 13.5. The fourth-order valence-electron chi connectivity index (χ4n) is 5.44. The Morgan fingerprint density at radius 3 is 2.47 bits per heavy atom. The highest BCUT2D eigenvalue weighted by molar-refractivity contribution is 5.84. The summed E-state index contributed by atoms with van der Waals surface area (Å²) in [7, 11) is 0. The second kappa shape index (κ2) is 18.4. The number of hydrogen-bond acceptors (Lipinski definition) is 7. The zero-order valence-corrected chi connectivity index (χ0v) is 30.0. The Morgan fingerprint density at radius 1 is 1.02 bits per heavy atom. The summed E-state index contributed by atoms with van der Waals surface area (Å²) in [5.41, 5.74) is 2.75. The third-order valence-electron chi connectivity index (χ3n) is 8.33. The number of benzene rings is 2. The van der Waals surface area contributed by atoms with Crippen LogP contribution < -0.4 is 5.32 Å². The van der Waals surface area contributed by atoms with Crippen LogP contribution in [-0.4, -0.2) is 72.8 Å². The van der Waals surface area contributed by atoms with E-state index in [9.17, 15) is 4.79 Å². The molecule has 2 atom stereocenters. The molecule has 0 radical (unpaired) electrons. The number of aliphatic imine (C=N–C) groups is 1. The number of piperazine rings is 1. The first-order valence-corrected chi connectivity index (χ1v) is 17.4. The number of carbonyl (C=O) groups is 1. The summed E-state index contributed by atoms with van der Waals surface area (Å²) in [6, 6.07) is 15.3. The predicted octanol–water partition coefficient (Wildman–Crippen LogP) is 8.61. The molecule has 4 rings (SSSR count). The number of hydrogen-bond donors (Lipinski definition) is 1. The average molecular weight is 673 g/mol. The van der Waals surface area contributed by atoms with E-state index in [0.29, 0.717) is 50.3 Å². The van der Waals surface area contributed by atoms with Crippen LogP contribution in [-0.2, 0) is 20.8 Å². The maximum Gasteiger partial charge on any atom is 0.410 e. The van der Waals surface area contributed by atoms with Gasteiger partial charge in [-0.3, -0.25) is 4.90 Å². The third-order valence-corrected chi connectivity index (χ3v) is 8.33. The highest BCUT2D eigenvalue weighted by Gasteiger charge is 2.27. The monoisotopic (exact) mass is 672 g/mol. The molecule has 9 heteroatoms. The standard InChI is InChI=1S/C40H53FN4O4/c1-7-15-37(47-28-32-16-11-8-9-12-17-32)43-38(48-29-33-18-13-10-14-19-33)31(3)34-20-21-36(35(41)26-34)42-27-30(2)44-22-24-45(25-23-44)39(46)49-40(4,5)6/h8-11,13-21,26,30-31,42H,7,12,22-25,27-29H2,1-6H3/b37-15+,43-38+. The van der Waals surface area contributed by atoms with Crippen LogP contribution in [0.1, 0.15) is 71.4 Å². The highest BCUT2D eigenvalue weighted by Crippen LogP contribution is 2.25. The zero-order valence-electron chi connectivity index (χ0n) is 30.0. The first-order valence-electron chi connectivity index (χ1n) is 17.4. The number of carbonyl (C=O) groups excluding carboxylic acids is 1. The number of anilines is 1. The fraction of sp³-hybridized carbons (Fsp3) is 0.450. The van der Waals surface area contributed by atoms with Crippen molar-refractivity contribution in [3.63, 3.8) is 0 Å². The minimum Gasteiger partial charge on any atom is -0.475 e. The Morgan fingerprint density at radius 2 is 1.78 bits per heavy atom. The summed E-state index contributed by atoms with van der Waals surface area (Å²) >= 11 is 0. The molecule has 0 saturated carbocycles. The van der Waals surface area contributed by atoms with Gasteiger partial charge < -0.3 is 24.4 Å². The Hall–Kier alpha value is -4.37. The topological polar surface area (TPSA) is 75.6 Å². The molecule has 1 fully saturated rings. The van der Waals surface area contributed by atoms with E-state index in [1.54, 1.807) is 17.0 Å². The minimum atomic E-state index is -0.516. The van der Waals surface area contributed by atoms with Gasteiger partial charge in [-0.05, 0) is 82.4 Å². The number of rotatable bonds is 13. The van der Waals surface area contributed by atoms with Crippen molar-refractivity contribution in [3.8, 4) is 0 Å². The Bertz CT molecular complexity index is 1520. The molecule has 1 aliphatic carbocycles. The van der Waals surface area contributed by atoms with E-state index in [4.69, 9.17) is 19.2 Å². The van der Waals surface area contributed by atoms with Gasteiger partial charge in [0.1, 0.15) is 24.6 Å². The van der Waals surface area contributed by atoms with Crippen LogP contribution in [0.25, 0.3) is 0 Å². The van der Waals surface area contributed by atoms with Crippen molar-refractivity contribution in [1.29, 1.82) is 0 Å². The quantitative estimate of drug-likeness (QED) is 0.131. The molecular formula is C40H53FN4O4. The van der Waals surface area contributed by atoms with Crippen LogP contribution in [0.15, 0.2) is 101 Å². The van der Waals surface area contributed by atoms with Gasteiger partial charge in [-0.1, -0.05) is 73.7 Å². The summed E-state index contributed by atoms with van der Waals surface area (Å²) in [6.45, 7) is 15.7. The third kappa shape index (κ3) is 12.2. The molecule has 1 amide bonds. The molecule has 2 aromatic rings. The molecule has 1 heterocycles. The largest absolute Gasteiger partial charge is 0.475 e. The number of allylic oxidation sites excluding steroid dienone is 5. The van der Waals surface area contributed by atoms with E-state index in [-0.39, 0.29) is 23.9 Å². The lowest BCUT2D eigenvalue weighted by atomic mass is 10.00. The molecule has 0 aromatic heterocycles. The summed E-state index contributed by atoms with van der Waals surface area (Å²) in [4.78, 5) is 21.3. The number of nitrogens with zero attached hydrogens (tertiary/aromatic N) is 3. The highest BCUT2D eigenvalue weighted by atomic mass is 19.1. The van der Waals surface area contributed by atoms with Crippen LogP contribution in [0.5, 0.6) is 0 Å². The van der Waals surface area contributed by atoms with Crippen LogP contribution in [0, 0.1) is 5.82 Å². The lowest BCUT2D eigenvalue weighted by Crippen LogP contribution is -2.53. The number of ether oxygens (including phenoxy) is 3. The van der Waals surface area contributed by atoms with Crippen molar-refractivity contribution in [3.05, 3.63) is 113 Å². The Balaban J connectivity index is 1.41. The number of nitrogens with one attached hydrogen (secondary N) is 1. The Labute approximate surface area is 292 Å². The lowest BCUT2D eigenvalue weighted by Gasteiger charge is -2.38. The minimum absolute atomic E-state index is 0.146. The normalized spacial score (nSPS) is 17.2. The molecule has 1 saturated heterocycles. The van der Waals surface area contributed by atoms with Crippen molar-refractivity contribution in [2.24, 2.45) is 4.99 Å². The van der Waals surface area contributed by atoms with Crippen molar-refractivity contribution in [2.75, 3.05) is 44.6 Å². The molecule has 264 valence electrons. The van der Waals surface area contributed by atoms with Gasteiger partial charge in [0.25, 0.3) is 0 Å². The number of amides is 1. The molecule has 2 aliphatic rings. The molecule has 8 nitrogen and oxygen atoms in total. The lowest BCUT2D eigenvalue weighted by molar-refractivity contribution is 0.0116. The van der Waals surface area contributed by atoms with Gasteiger partial charge in [0.15, 0.2) is 5.90 Å².